The molecule has 0 aliphatic carbocycles. The number of hydrogen-bond donors (Lipinski definition) is 5. The third-order valence-corrected chi connectivity index (χ3v) is 17.3. The van der Waals surface area contributed by atoms with Gasteiger partial charge in [0.15, 0.2) is 11.3 Å². The molecule has 0 radical (unpaired) electrons. The van der Waals surface area contributed by atoms with Gasteiger partial charge in [-0.15, -0.1) is 56.6 Å². The van der Waals surface area contributed by atoms with Crippen LogP contribution in [0.3, 0.4) is 0 Å². The van der Waals surface area contributed by atoms with Crippen molar-refractivity contribution in [3.05, 3.63) is 112 Å². The minimum Gasteiger partial charge on any atom is -0.493 e. The molecule has 2 aromatic heterocycles. The number of thioether (sulfide) groups is 2. The number of aromatic hydroxyl groups is 1. The van der Waals surface area contributed by atoms with Crippen molar-refractivity contribution in [2.24, 2.45) is 40.9 Å². The molecule has 0 aliphatic rings. The molecular formula is C49H48ClN11O17S7. The molecule has 5 N–H and O–H groups in total. The Morgan fingerprint density at radius 1 is 0.612 bits per heavy atom. The summed E-state index contributed by atoms with van der Waals surface area (Å²) in [5.74, 6) is -1.67. The Balaban J connectivity index is 0.00000280. The molecule has 0 fully saturated rings. The Morgan fingerprint density at radius 2 is 1.07 bits per heavy atom. The summed E-state index contributed by atoms with van der Waals surface area (Å²) in [6.45, 7) is 6.43. The van der Waals surface area contributed by atoms with Crippen molar-refractivity contribution in [2.75, 3.05) is 35.4 Å². The van der Waals surface area contributed by atoms with Crippen LogP contribution in [0.25, 0.3) is 16.7 Å². The highest BCUT2D eigenvalue weighted by Gasteiger charge is 2.23. The van der Waals surface area contributed by atoms with Gasteiger partial charge >= 0.3 is 10.6 Å². The summed E-state index contributed by atoms with van der Waals surface area (Å²) in [4.78, 5) is 4.92. The van der Waals surface area contributed by atoms with Gasteiger partial charge in [0.05, 0.1) is 73.9 Å². The van der Waals surface area contributed by atoms with Crippen LogP contribution in [-0.4, -0.2) is 114 Å². The summed E-state index contributed by atoms with van der Waals surface area (Å²) in [5, 5.41) is 57.9. The predicted molar refractivity (Wildman–Crippen MR) is 315 cm³/mol. The molecule has 0 saturated carbocycles. The molecule has 0 bridgehead atoms. The third kappa shape index (κ3) is 19.7. The van der Waals surface area contributed by atoms with E-state index in [9.17, 15) is 62.3 Å². The molecule has 0 aliphatic heterocycles. The van der Waals surface area contributed by atoms with Gasteiger partial charge in [-0.2, -0.15) is 59.4 Å². The molecule has 7 aromatic rings. The Hall–Kier alpha value is -7.21. The van der Waals surface area contributed by atoms with E-state index in [1.807, 2.05) is 6.07 Å². The Morgan fingerprint density at radius 3 is 1.56 bits per heavy atom. The molecule has 36 heteroatoms. The van der Waals surface area contributed by atoms with Crippen LogP contribution in [0.1, 0.15) is 47.1 Å². The van der Waals surface area contributed by atoms with Crippen molar-refractivity contribution in [1.82, 2.24) is 9.38 Å². The van der Waals surface area contributed by atoms with Gasteiger partial charge in [-0.3, -0.25) is 22.6 Å². The second-order valence-electron chi connectivity index (χ2n) is 17.9. The summed E-state index contributed by atoms with van der Waals surface area (Å²) in [7, 11) is -20.6. The molecule has 28 nitrogen and oxygen atoms in total. The number of fused-ring (bicyclic) bond motifs is 3. The van der Waals surface area contributed by atoms with E-state index >= 15 is 0 Å². The second kappa shape index (κ2) is 28.8. The van der Waals surface area contributed by atoms with Crippen LogP contribution in [0, 0.1) is 39.0 Å². The van der Waals surface area contributed by atoms with Crippen LogP contribution < -0.4 is 4.74 Å². The van der Waals surface area contributed by atoms with Crippen molar-refractivity contribution >= 4 is 148 Å². The molecule has 0 amide bonds. The van der Waals surface area contributed by atoms with Gasteiger partial charge in [-0.05, 0) is 148 Å². The summed E-state index contributed by atoms with van der Waals surface area (Å²) in [5.41, 5.74) is 4.13. The molecule has 5 aromatic carbocycles. The van der Waals surface area contributed by atoms with Gasteiger partial charge in [0.2, 0.25) is 5.88 Å². The number of nitrogens with zero attached hydrogens (tertiary/aromatic N) is 11. The van der Waals surface area contributed by atoms with E-state index in [4.69, 9.17) is 29.0 Å². The lowest BCUT2D eigenvalue weighted by Crippen LogP contribution is -2.08. The molecule has 85 heavy (non-hydrogen) atoms. The largest absolute Gasteiger partial charge is 0.493 e. The van der Waals surface area contributed by atoms with E-state index in [0.29, 0.717) is 59.9 Å². The molecule has 450 valence electrons. The number of hydrogen-bond acceptors (Lipinski definition) is 25. The van der Waals surface area contributed by atoms with E-state index < -0.39 is 79.1 Å². The molecule has 0 spiro atoms. The highest BCUT2D eigenvalue weighted by atomic mass is 35.5. The highest BCUT2D eigenvalue weighted by molar-refractivity contribution is 7.99. The molecular weight excluding hydrogens is 1270 g/mol. The predicted octanol–water partition coefficient (Wildman–Crippen LogP) is 12.3. The maximum absolute atomic E-state index is 11.9. The first-order chi connectivity index (χ1) is 39.8. The van der Waals surface area contributed by atoms with Crippen LogP contribution >= 0.6 is 35.1 Å². The smallest absolute Gasteiger partial charge is 0.425 e. The number of imidazole rings is 1. The fourth-order valence-electron chi connectivity index (χ4n) is 7.52. The standard InChI is InChI=1S/C49H48ClN11O14S6.O3S/c1-28-20-40(57-60-47-31(4)35(27-51)48-52-39-23-34(81(72,73)74)12-13-43(39)61(48)49(47)62)44(75-14-5-17-78(63,64)65)24-36(28)55-58-41-22-30(3)38(26-46(41)77-16-7-19-80(69,70)71)56-59-42-21-29(2)37(54-53-33-10-8-32(50)9-11-33)25-45(42)76-15-6-18-79(66,67)68;1-4(2)3/h8-13,20-26,62H,5-7,14-19H2,1-4H3,(H,63,64,65)(H,66,67,68)(H,69,70,71)(H,72,73,74);. The number of aryl methyl sites for hydroxylation is 3. The van der Waals surface area contributed by atoms with E-state index in [2.05, 4.69) is 45.9 Å². The summed E-state index contributed by atoms with van der Waals surface area (Å²) < 4.78 is 163. The first-order valence-electron chi connectivity index (χ1n) is 24.2. The number of nitriles is 1. The fraction of sp³-hybridized carbons (Fsp3) is 0.265. The van der Waals surface area contributed by atoms with Crippen LogP contribution in [0.15, 0.2) is 134 Å². The zero-order valence-electron chi connectivity index (χ0n) is 44.7. The van der Waals surface area contributed by atoms with Gasteiger partial charge in [0.1, 0.15) is 23.1 Å². The number of pyridine rings is 1. The maximum atomic E-state index is 11.9. The zero-order valence-corrected chi connectivity index (χ0v) is 51.1. The van der Waals surface area contributed by atoms with Crippen LogP contribution in [-0.2, 0) is 51.1 Å². The number of azo groups is 4. The normalized spacial score (nSPS) is 12.5. The van der Waals surface area contributed by atoms with Crippen molar-refractivity contribution < 1.29 is 74.4 Å². The van der Waals surface area contributed by atoms with Crippen molar-refractivity contribution in [1.29, 1.82) is 5.26 Å². The number of benzene rings is 5. The minimum atomic E-state index is -4.63. The summed E-state index contributed by atoms with van der Waals surface area (Å²) in [6.07, 6.45) is 0.0176. The van der Waals surface area contributed by atoms with Crippen LogP contribution in [0.5, 0.6) is 11.6 Å². The molecule has 0 saturated heterocycles. The number of halogens is 1. The lowest BCUT2D eigenvalue weighted by atomic mass is 10.1. The SMILES string of the molecule is Cc1cc(N=Nc2cc(SCCCS(=O)(=O)O)c(N=Nc3cc(OCCCS(=O)(=O)O)c(N=Nc4c(C)c(C#N)c5nc6cc(S(=O)(=O)O)ccc6n5c4O)cc3C)cc2C)c(SCCCS(=O)(=O)O)cc1N=Nc1ccc(Cl)cc1.O=S(=O)=O. The highest BCUT2D eigenvalue weighted by Crippen LogP contribution is 2.44. The Kier molecular flexibility index (Phi) is 22.7. The van der Waals surface area contributed by atoms with Crippen LogP contribution in [0.2, 0.25) is 5.02 Å². The minimum absolute atomic E-state index is 0.00575. The average Bonchev–Trinajstić information content (AvgIpc) is 1.71. The molecule has 2 heterocycles. The molecule has 0 unspecified atom stereocenters. The average molecular weight is 1320 g/mol. The van der Waals surface area contributed by atoms with Gasteiger partial charge in [-0.1, -0.05) is 11.6 Å². The molecule has 0 atom stereocenters. The summed E-state index contributed by atoms with van der Waals surface area (Å²) >= 11 is 8.49. The van der Waals surface area contributed by atoms with Gasteiger partial charge in [-0.25, -0.2) is 4.98 Å². The number of rotatable bonds is 24. The van der Waals surface area contributed by atoms with Gasteiger partial charge < -0.3 is 9.84 Å². The second-order valence-corrected chi connectivity index (χ2v) is 27.2. The lowest BCUT2D eigenvalue weighted by Gasteiger charge is -2.12. The van der Waals surface area contributed by atoms with E-state index in [1.54, 1.807) is 69.3 Å². The van der Waals surface area contributed by atoms with Gasteiger partial charge in [0.25, 0.3) is 40.5 Å². The van der Waals surface area contributed by atoms with Crippen LogP contribution in [0.4, 0.5) is 45.5 Å². The topological polar surface area (TPSA) is 438 Å². The lowest BCUT2D eigenvalue weighted by molar-refractivity contribution is 0.317. The van der Waals surface area contributed by atoms with Gasteiger partial charge in [0, 0.05) is 26.4 Å². The first kappa shape index (κ1) is 66.9. The van der Waals surface area contributed by atoms with Crippen molar-refractivity contribution in [3.8, 4) is 17.7 Å². The number of aromatic nitrogens is 2. The number of ether oxygens (including phenoxy) is 1. The van der Waals surface area contributed by atoms with E-state index in [1.165, 1.54) is 53.0 Å². The van der Waals surface area contributed by atoms with E-state index in [0.717, 1.165) is 12.1 Å². The third-order valence-electron chi connectivity index (χ3n) is 11.5. The quantitative estimate of drug-likeness (QED) is 0.0162. The first-order valence-corrected chi connectivity index (χ1v) is 33.8. The summed E-state index contributed by atoms with van der Waals surface area (Å²) in [6, 6.07) is 22.0. The fourth-order valence-corrected chi connectivity index (χ4v) is 11.9. The van der Waals surface area contributed by atoms with Crippen molar-refractivity contribution in [2.45, 2.75) is 61.6 Å². The Bertz CT molecular complexity index is 4480. The monoisotopic (exact) mass is 1320 g/mol. The van der Waals surface area contributed by atoms with E-state index in [-0.39, 0.29) is 88.0 Å². The Labute approximate surface area is 501 Å². The van der Waals surface area contributed by atoms with Crippen molar-refractivity contribution in [3.63, 3.8) is 0 Å². The molecule has 7 rings (SSSR count). The zero-order chi connectivity index (χ0) is 62.6. The maximum Gasteiger partial charge on any atom is 0.425 e.